The Bertz CT molecular complexity index is 5680. The van der Waals surface area contributed by atoms with Gasteiger partial charge in [0.05, 0.1) is 26.4 Å². The predicted octanol–water partition coefficient (Wildman–Crippen LogP) is -46.0. The normalized spacial score (nSPS) is 24.8. The predicted molar refractivity (Wildman–Crippen MR) is 416 cm³/mol. The third-order valence-corrected chi connectivity index (χ3v) is 25.3. The third-order valence-electron chi connectivity index (χ3n) is 16.6. The molecule has 0 aromatic heterocycles. The van der Waals surface area contributed by atoms with E-state index in [0.717, 1.165) is 37.1 Å². The van der Waals surface area contributed by atoms with Crippen molar-refractivity contribution in [1.29, 1.82) is 0 Å². The van der Waals surface area contributed by atoms with Crippen LogP contribution in [0.15, 0.2) is 58.3 Å². The van der Waals surface area contributed by atoms with Crippen LogP contribution < -0.4 is 424 Å². The van der Waals surface area contributed by atoms with Crippen LogP contribution in [0.4, 0.5) is 11.4 Å². The average Bonchev–Trinajstić information content (AvgIpc) is 0.754. The number of amides is 2. The summed E-state index contributed by atoms with van der Waals surface area (Å²) in [6.07, 6.45) is -49.4. The summed E-state index contributed by atoms with van der Waals surface area (Å²) in [5.41, 5.74) is -4.51. The van der Waals surface area contributed by atoms with E-state index >= 15 is 0 Å². The Morgan fingerprint density at radius 2 is 0.411 bits per heavy atom. The van der Waals surface area contributed by atoms with Crippen molar-refractivity contribution in [3.8, 4) is 0 Å². The Labute approximate surface area is 1160 Å². The molecule has 4 fully saturated rings. The Morgan fingerprint density at radius 1 is 0.233 bits per heavy atom. The Morgan fingerprint density at radius 3 is 0.616 bits per heavy atom. The molecule has 6 rings (SSSR count). The van der Waals surface area contributed by atoms with Crippen LogP contribution in [0.1, 0.15) is 77.0 Å². The molecular weight excluding hydrogens is 2490 g/mol. The molecule has 0 radical (unpaired) electrons. The number of carbonyl (C=O) groups excluding carboxylic acids is 2. The standard InChI is InChI=1S/C50H76N2O64S16.14Na/c53-33(51-25-13-17-27(18-14-25)117-49-45(115-131(91,92)93)39(109-125(73,74)75)35(29(103-49)21-97-119(55,56)57)105-47-43(113-129(85,86)87)41(111-127(79,80)81)37(107-123(67,68)69)31(101-47)23-99-121(61,62)63)11-9-7-5-3-1-2-4-6-8-10-12-34(54)52-26-15-19-28(20-16-26)118-50-46(116-132(94,95)96)40(110-126(76,77)78)36(30(104-50)22-98-120(58,59)60)106-48-44(114-130(88,89)90)42(112-128(82,83)84)38(108-124(70,71)72)32(102-48)24-100-122(64,65)66;;;;;;;;;;;;;;/h13-20,29-32,35-50H,1-12,21-24H2,(H,51,53)(H,52,54)(H,55,56,57)(H,58,59,60)(H,61,62,63)(H,64,65,66)(H,67,68,69)(H,70,71,72)(H,73,74,75)(H,76,77,78)(H,79,80,81)(H,82,83,84)(H,85,86,87)(H,88,89,90)(H,91,92,93)(H,94,95,96);;;;;;;;;;;;;;/q;14*+1/t29-,30-,31-,32-,35-,36-,37-,38-,39+,40+,41+,42+,43-,44-,45-,46-,47-,48-,49+,50+;;;;;;;;;;;;;;/m1............../s1. The first-order valence-electron chi connectivity index (χ1n) is 35.0. The molecule has 16 N–H and O–H groups in total. The molecule has 0 saturated carbocycles. The molecule has 0 bridgehead atoms. The topological polar surface area (TPSA) is 1000 Å². The largest absolute Gasteiger partial charge is 1.00 e. The molecule has 2 amide bonds. The molecule has 96 heteroatoms. The van der Waals surface area contributed by atoms with Gasteiger partial charge in [-0.05, 0) is 61.4 Å². The second-order valence-corrected chi connectivity index (χ2v) is 43.7. The molecule has 0 unspecified atom stereocenters. The van der Waals surface area contributed by atoms with E-state index in [4.69, 9.17) is 28.4 Å². The maximum Gasteiger partial charge on any atom is 1.00 e. The summed E-state index contributed by atoms with van der Waals surface area (Å²) >= 11 is 0.442. The van der Waals surface area contributed by atoms with E-state index < -0.39 is 305 Å². The third kappa shape index (κ3) is 72.5. The summed E-state index contributed by atoms with van der Waals surface area (Å²) in [4.78, 5) is 25.7. The zero-order valence-electron chi connectivity index (χ0n) is 78.7. The van der Waals surface area contributed by atoms with Gasteiger partial charge in [-0.2, -0.15) is 118 Å². The van der Waals surface area contributed by atoms with Gasteiger partial charge in [-0.3, -0.25) is 73.3 Å². The summed E-state index contributed by atoms with van der Waals surface area (Å²) < 4.78 is 568. The van der Waals surface area contributed by atoms with Crippen molar-refractivity contribution in [1.82, 2.24) is 0 Å². The average molecular weight is 2560 g/mol. The van der Waals surface area contributed by atoms with Crippen LogP contribution in [-0.2, 0) is 242 Å². The van der Waals surface area contributed by atoms with E-state index in [1.807, 2.05) is 0 Å². The smallest absolute Gasteiger partial charge is 0.356 e. The van der Waals surface area contributed by atoms with E-state index in [2.05, 4.69) is 69.2 Å². The number of carbonyl (C=O) groups is 2. The van der Waals surface area contributed by atoms with Crippen molar-refractivity contribution in [2.24, 2.45) is 0 Å². The van der Waals surface area contributed by atoms with Gasteiger partial charge in [0.1, 0.15) is 96.3 Å². The summed E-state index contributed by atoms with van der Waals surface area (Å²) in [6.45, 7) is -7.37. The number of hydrogen-bond donors (Lipinski definition) is 16. The zero-order chi connectivity index (χ0) is 100.0. The molecule has 4 saturated heterocycles. The Hall–Kier alpha value is 10.0. The molecule has 66 nitrogen and oxygen atoms in total. The SMILES string of the molecule is O=C(CCCCCCCCCCCCC(=O)Nc1ccc(S[C@@H]2O[C@H](COS(=O)(=O)O)[C@@H](O[C@H]3O[C@H](COS(=O)(=O)O)[C@@H](OS(=O)(=O)O)[C@H](OS(=O)(=O)O)[C@H]3OS(=O)(=O)O)[C@H](OS(=O)(=O)O)[C@H]2OS(=O)(=O)O)cc1)Nc1ccc(S[C@@H]2O[C@H](COS(=O)(=O)O)[C@@H](O[C@H]3O[C@H](COS(=O)(=O)O)[C@@H](OS(=O)(=O)O)[C@H](OS(=O)(=O)O)[C@H]3OS(=O)(=O)O)[C@H](OS(=O)(=O)O)[C@H]2OS(=O)(=O)O)cc1.[Na+].[Na+].[Na+].[Na+].[Na+].[Na+].[Na+].[Na+].[Na+].[Na+].[Na+].[Na+].[Na+].[Na+]. The van der Waals surface area contributed by atoms with Gasteiger partial charge in [0.25, 0.3) is 0 Å². The van der Waals surface area contributed by atoms with Gasteiger partial charge in [0, 0.05) is 34.0 Å². The fraction of sp³-hybridized carbons (Fsp3) is 0.720. The molecule has 766 valence electrons. The van der Waals surface area contributed by atoms with E-state index in [1.165, 1.54) is 24.3 Å². The number of ether oxygens (including phenoxy) is 6. The minimum atomic E-state index is -6.24. The van der Waals surface area contributed by atoms with Crippen molar-refractivity contribution >= 4 is 192 Å². The van der Waals surface area contributed by atoms with Crippen molar-refractivity contribution in [2.45, 2.75) is 208 Å². The zero-order valence-corrected chi connectivity index (χ0v) is 120. The molecular formula is C50H76N2Na14O64S16+14. The van der Waals surface area contributed by atoms with Gasteiger partial charge in [-0.25, -0.2) is 58.6 Å². The van der Waals surface area contributed by atoms with Crippen molar-refractivity contribution in [2.75, 3.05) is 37.1 Å². The molecule has 0 aliphatic carbocycles. The number of thioether (sulfide) groups is 2. The molecule has 4 aliphatic heterocycles. The fourth-order valence-electron chi connectivity index (χ4n) is 12.1. The Balaban J connectivity index is -0.00000192. The van der Waals surface area contributed by atoms with Gasteiger partial charge in [-0.1, -0.05) is 74.9 Å². The van der Waals surface area contributed by atoms with Crippen LogP contribution >= 0.6 is 23.5 Å². The monoisotopic (exact) mass is 2560 g/mol. The minimum absolute atomic E-state index is 0. The van der Waals surface area contributed by atoms with Gasteiger partial charge < -0.3 is 39.1 Å². The van der Waals surface area contributed by atoms with Crippen LogP contribution in [0, 0.1) is 0 Å². The quantitative estimate of drug-likeness (QED) is 0.0166. The number of nitrogens with one attached hydrogen (secondary N) is 2. The van der Waals surface area contributed by atoms with E-state index in [-0.39, 0.29) is 471 Å². The van der Waals surface area contributed by atoms with Crippen LogP contribution in [-0.4, -0.2) is 341 Å². The number of unbranched alkanes of at least 4 members (excludes halogenated alkanes) is 9. The van der Waals surface area contributed by atoms with E-state index in [1.54, 1.807) is 0 Å². The van der Waals surface area contributed by atoms with Gasteiger partial charge in [0.15, 0.2) is 24.8 Å². The maximum atomic E-state index is 13.0. The van der Waals surface area contributed by atoms with Crippen molar-refractivity contribution < 1.29 is 692 Å². The minimum Gasteiger partial charge on any atom is -0.356 e. The Kier molecular flexibility index (Phi) is 90.3. The molecule has 4 aliphatic rings. The summed E-state index contributed by atoms with van der Waals surface area (Å²) in [6, 6.07) is 9.32. The van der Waals surface area contributed by atoms with Crippen LogP contribution in [0.2, 0.25) is 0 Å². The second kappa shape index (κ2) is 76.0. The molecule has 2 aromatic carbocycles. The van der Waals surface area contributed by atoms with Crippen LogP contribution in [0.3, 0.4) is 0 Å². The van der Waals surface area contributed by atoms with Gasteiger partial charge in [0.2, 0.25) is 11.8 Å². The second-order valence-electron chi connectivity index (χ2n) is 26.5. The fourth-order valence-corrected chi connectivity index (χ4v) is 20.7. The molecule has 0 spiro atoms. The summed E-state index contributed by atoms with van der Waals surface area (Å²) in [7, 11) is -84.5. The summed E-state index contributed by atoms with van der Waals surface area (Å²) in [5, 5.41) is 5.14. The van der Waals surface area contributed by atoms with Crippen molar-refractivity contribution in [3.05, 3.63) is 48.5 Å². The molecule has 4 heterocycles. The first-order chi connectivity index (χ1) is 59.9. The first-order valence-corrected chi connectivity index (χ1v) is 55.9. The van der Waals surface area contributed by atoms with E-state index in [9.17, 15) is 191 Å². The molecule has 146 heavy (non-hydrogen) atoms. The number of anilines is 2. The first kappa shape index (κ1) is 173. The van der Waals surface area contributed by atoms with Gasteiger partial charge in [-0.15, -0.1) is 0 Å². The van der Waals surface area contributed by atoms with Crippen LogP contribution in [0.5, 0.6) is 0 Å². The molecule has 20 atom stereocenters. The summed E-state index contributed by atoms with van der Waals surface area (Å²) in [5.74, 6) is -1.08. The number of hydrogen-bond acceptors (Lipinski definition) is 52. The molecule has 2 aromatic rings. The van der Waals surface area contributed by atoms with E-state index in [0.29, 0.717) is 51.4 Å². The van der Waals surface area contributed by atoms with Crippen molar-refractivity contribution in [3.63, 3.8) is 0 Å². The number of benzene rings is 2. The van der Waals surface area contributed by atoms with Crippen LogP contribution in [0.25, 0.3) is 0 Å². The van der Waals surface area contributed by atoms with Gasteiger partial charge >= 0.3 is 559 Å². The number of rotatable bonds is 55. The maximum absolute atomic E-state index is 13.0.